The third-order valence-electron chi connectivity index (χ3n) is 3.18. The van der Waals surface area contributed by atoms with Crippen LogP contribution in [0.2, 0.25) is 0 Å². The normalized spacial score (nSPS) is 11.6. The molecule has 0 saturated heterocycles. The number of hydrogen-bond donors (Lipinski definition) is 1. The molecule has 0 atom stereocenters. The van der Waals surface area contributed by atoms with Gasteiger partial charge in [-0.05, 0) is 44.4 Å². The molecule has 1 aromatic carbocycles. The van der Waals surface area contributed by atoms with E-state index in [-0.39, 0.29) is 12.5 Å². The zero-order valence-electron chi connectivity index (χ0n) is 13.1. The molecule has 0 spiro atoms. The number of carbonyl (C=O) groups is 2. The highest BCUT2D eigenvalue weighted by atomic mass is 16.4. The number of carbonyl (C=O) groups excluding carboxylic acids is 1. The summed E-state index contributed by atoms with van der Waals surface area (Å²) in [7, 11) is 0. The number of carboxylic acids is 1. The molecule has 4 nitrogen and oxygen atoms in total. The number of amides is 1. The van der Waals surface area contributed by atoms with Crippen LogP contribution in [-0.2, 0) is 16.0 Å². The van der Waals surface area contributed by atoms with E-state index in [4.69, 9.17) is 5.11 Å². The fourth-order valence-electron chi connectivity index (χ4n) is 1.90. The molecule has 0 saturated carbocycles. The minimum Gasteiger partial charge on any atom is -0.480 e. The van der Waals surface area contributed by atoms with Gasteiger partial charge < -0.3 is 10.0 Å². The van der Waals surface area contributed by atoms with Gasteiger partial charge in [-0.3, -0.25) is 9.59 Å². The van der Waals surface area contributed by atoms with Crippen LogP contribution in [0.25, 0.3) is 6.08 Å². The first-order valence-electron chi connectivity index (χ1n) is 7.04. The number of hydrogen-bond acceptors (Lipinski definition) is 2. The molecule has 114 valence electrons. The predicted molar refractivity (Wildman–Crippen MR) is 84.0 cm³/mol. The Morgan fingerprint density at radius 2 is 1.76 bits per heavy atom. The number of aliphatic carboxylic acids is 1. The Bertz CT molecular complexity index is 524. The van der Waals surface area contributed by atoms with Crippen LogP contribution < -0.4 is 0 Å². The van der Waals surface area contributed by atoms with E-state index in [2.05, 4.69) is 6.92 Å². The van der Waals surface area contributed by atoms with Gasteiger partial charge in [0.2, 0.25) is 5.91 Å². The van der Waals surface area contributed by atoms with Gasteiger partial charge in [-0.2, -0.15) is 0 Å². The van der Waals surface area contributed by atoms with Gasteiger partial charge in [0.15, 0.2) is 0 Å². The van der Waals surface area contributed by atoms with Gasteiger partial charge in [0.1, 0.15) is 6.54 Å². The van der Waals surface area contributed by atoms with Gasteiger partial charge in [0, 0.05) is 11.6 Å². The van der Waals surface area contributed by atoms with E-state index in [9.17, 15) is 9.59 Å². The summed E-state index contributed by atoms with van der Waals surface area (Å²) >= 11 is 0. The van der Waals surface area contributed by atoms with Gasteiger partial charge in [-0.15, -0.1) is 0 Å². The van der Waals surface area contributed by atoms with Crippen LogP contribution in [0.5, 0.6) is 0 Å². The molecule has 4 heteroatoms. The fourth-order valence-corrected chi connectivity index (χ4v) is 1.90. The van der Waals surface area contributed by atoms with Crippen molar-refractivity contribution in [3.05, 3.63) is 41.5 Å². The lowest BCUT2D eigenvalue weighted by Crippen LogP contribution is -2.47. The SMILES string of the molecule is CCc1ccc(C=CC(=O)N(CC(=O)O)C(C)(C)C)cc1. The van der Waals surface area contributed by atoms with Gasteiger partial charge in [0.25, 0.3) is 0 Å². The molecular formula is C17H23NO3. The van der Waals surface area contributed by atoms with Gasteiger partial charge in [-0.25, -0.2) is 0 Å². The minimum atomic E-state index is -1.01. The zero-order valence-corrected chi connectivity index (χ0v) is 13.1. The summed E-state index contributed by atoms with van der Waals surface area (Å²) in [5.74, 6) is -1.32. The smallest absolute Gasteiger partial charge is 0.323 e. The van der Waals surface area contributed by atoms with E-state index >= 15 is 0 Å². The fraction of sp³-hybridized carbons (Fsp3) is 0.412. The standard InChI is InChI=1S/C17H23NO3/c1-5-13-6-8-14(9-7-13)10-11-15(19)18(12-16(20)21)17(2,3)4/h6-11H,5,12H2,1-4H3,(H,20,21). The molecule has 0 aliphatic rings. The summed E-state index contributed by atoms with van der Waals surface area (Å²) in [6.45, 7) is 7.23. The number of rotatable bonds is 5. The second kappa shape index (κ2) is 7.07. The average Bonchev–Trinajstić information content (AvgIpc) is 2.41. The summed E-state index contributed by atoms with van der Waals surface area (Å²) in [5, 5.41) is 8.92. The first kappa shape index (κ1) is 17.0. The van der Waals surface area contributed by atoms with E-state index < -0.39 is 11.5 Å². The monoisotopic (exact) mass is 289 g/mol. The van der Waals surface area contributed by atoms with E-state index in [0.717, 1.165) is 12.0 Å². The molecule has 0 aliphatic carbocycles. The molecule has 21 heavy (non-hydrogen) atoms. The molecule has 0 radical (unpaired) electrons. The maximum absolute atomic E-state index is 12.2. The lowest BCUT2D eigenvalue weighted by Gasteiger charge is -2.33. The van der Waals surface area contributed by atoms with Crippen LogP contribution in [0, 0.1) is 0 Å². The first-order valence-corrected chi connectivity index (χ1v) is 7.04. The molecule has 0 heterocycles. The summed E-state index contributed by atoms with van der Waals surface area (Å²) in [6, 6.07) is 7.92. The highest BCUT2D eigenvalue weighted by Crippen LogP contribution is 2.14. The maximum atomic E-state index is 12.2. The highest BCUT2D eigenvalue weighted by Gasteiger charge is 2.26. The zero-order chi connectivity index (χ0) is 16.0. The van der Waals surface area contributed by atoms with Crippen molar-refractivity contribution in [3.8, 4) is 0 Å². The van der Waals surface area contributed by atoms with Crippen molar-refractivity contribution in [1.29, 1.82) is 0 Å². The molecule has 0 aromatic heterocycles. The third-order valence-corrected chi connectivity index (χ3v) is 3.18. The second-order valence-corrected chi connectivity index (χ2v) is 5.92. The van der Waals surface area contributed by atoms with Crippen molar-refractivity contribution < 1.29 is 14.7 Å². The molecule has 0 aliphatic heterocycles. The lowest BCUT2D eigenvalue weighted by molar-refractivity contribution is -0.145. The van der Waals surface area contributed by atoms with Gasteiger partial charge >= 0.3 is 5.97 Å². The molecule has 1 aromatic rings. The minimum absolute atomic E-state index is 0.301. The Hall–Kier alpha value is -2.10. The first-order chi connectivity index (χ1) is 9.74. The Kier molecular flexibility index (Phi) is 5.70. The van der Waals surface area contributed by atoms with Crippen molar-refractivity contribution in [2.45, 2.75) is 39.7 Å². The maximum Gasteiger partial charge on any atom is 0.323 e. The van der Waals surface area contributed by atoms with Crippen molar-refractivity contribution in [3.63, 3.8) is 0 Å². The number of benzene rings is 1. The van der Waals surface area contributed by atoms with Crippen LogP contribution in [0.1, 0.15) is 38.8 Å². The number of nitrogens with zero attached hydrogens (tertiary/aromatic N) is 1. The third kappa shape index (κ3) is 5.42. The molecule has 1 rings (SSSR count). The summed E-state index contributed by atoms with van der Waals surface area (Å²) < 4.78 is 0. The summed E-state index contributed by atoms with van der Waals surface area (Å²) in [4.78, 5) is 24.4. The Morgan fingerprint density at radius 1 is 1.19 bits per heavy atom. The quantitative estimate of drug-likeness (QED) is 0.848. The van der Waals surface area contributed by atoms with Crippen LogP contribution in [0.3, 0.4) is 0 Å². The topological polar surface area (TPSA) is 57.6 Å². The number of carboxylic acid groups (broad SMARTS) is 1. The van der Waals surface area contributed by atoms with Crippen LogP contribution >= 0.6 is 0 Å². The number of aryl methyl sites for hydroxylation is 1. The molecular weight excluding hydrogens is 266 g/mol. The second-order valence-electron chi connectivity index (χ2n) is 5.92. The lowest BCUT2D eigenvalue weighted by atomic mass is 10.1. The Labute approximate surface area is 126 Å². The Balaban J connectivity index is 2.84. The van der Waals surface area contributed by atoms with E-state index in [1.807, 2.05) is 45.0 Å². The van der Waals surface area contributed by atoms with Crippen molar-refractivity contribution >= 4 is 18.0 Å². The Morgan fingerprint density at radius 3 is 2.19 bits per heavy atom. The van der Waals surface area contributed by atoms with Crippen molar-refractivity contribution in [2.75, 3.05) is 6.54 Å². The van der Waals surface area contributed by atoms with E-state index in [1.165, 1.54) is 16.5 Å². The predicted octanol–water partition coefficient (Wildman–Crippen LogP) is 2.97. The average molecular weight is 289 g/mol. The van der Waals surface area contributed by atoms with Crippen molar-refractivity contribution in [2.24, 2.45) is 0 Å². The van der Waals surface area contributed by atoms with E-state index in [1.54, 1.807) is 6.08 Å². The molecule has 0 unspecified atom stereocenters. The molecule has 1 N–H and O–H groups in total. The van der Waals surface area contributed by atoms with Crippen LogP contribution in [0.4, 0.5) is 0 Å². The summed E-state index contributed by atoms with van der Waals surface area (Å²) in [5.41, 5.74) is 1.62. The molecule has 0 fully saturated rings. The largest absolute Gasteiger partial charge is 0.480 e. The van der Waals surface area contributed by atoms with Gasteiger partial charge in [-0.1, -0.05) is 31.2 Å². The van der Waals surface area contributed by atoms with E-state index in [0.29, 0.717) is 0 Å². The summed E-state index contributed by atoms with van der Waals surface area (Å²) in [6.07, 6.45) is 4.11. The van der Waals surface area contributed by atoms with Gasteiger partial charge in [0.05, 0.1) is 0 Å². The molecule has 1 amide bonds. The van der Waals surface area contributed by atoms with Crippen LogP contribution in [0.15, 0.2) is 30.3 Å². The highest BCUT2D eigenvalue weighted by molar-refractivity contribution is 5.94. The molecule has 0 bridgehead atoms. The van der Waals surface area contributed by atoms with Crippen LogP contribution in [-0.4, -0.2) is 34.0 Å². The van der Waals surface area contributed by atoms with Crippen molar-refractivity contribution in [1.82, 2.24) is 4.90 Å².